The fraction of sp³-hybridized carbons (Fsp3) is 0.538. The van der Waals surface area contributed by atoms with Gasteiger partial charge in [0, 0.05) is 5.41 Å². The molecule has 2 rings (SSSR count). The Bertz CT molecular complexity index is 425. The quantitative estimate of drug-likeness (QED) is 0.825. The first-order valence-corrected chi connectivity index (χ1v) is 6.66. The molecule has 1 aliphatic carbocycles. The van der Waals surface area contributed by atoms with E-state index in [0.717, 1.165) is 19.3 Å². The van der Waals surface area contributed by atoms with Gasteiger partial charge < -0.3 is 9.47 Å². The number of rotatable bonds is 5. The predicted molar refractivity (Wildman–Crippen MR) is 68.8 cm³/mol. The van der Waals surface area contributed by atoms with E-state index in [1.807, 2.05) is 0 Å². The average Bonchev–Trinajstić information content (AvgIpc) is 2.28. The van der Waals surface area contributed by atoms with Crippen molar-refractivity contribution in [3.05, 3.63) is 24.3 Å². The van der Waals surface area contributed by atoms with E-state index in [0.29, 0.717) is 12.4 Å². The monoisotopic (exact) mass is 292 g/mol. The lowest BCUT2D eigenvalue weighted by molar-refractivity contribution is -0.275. The smallest absolute Gasteiger partial charge is 0.489 e. The maximum absolute atomic E-state index is 12.2. The third-order valence-corrected chi connectivity index (χ3v) is 4.03. The van der Waals surface area contributed by atoms with Crippen molar-refractivity contribution in [2.75, 3.05) is 12.4 Å². The summed E-state index contributed by atoms with van der Waals surface area (Å²) in [6, 6.07) is 5.82. The molecule has 0 saturated heterocycles. The molecule has 0 aliphatic heterocycles. The number of para-hydroxylation sites is 2. The third kappa shape index (κ3) is 3.72. The molecule has 0 spiro atoms. The fourth-order valence-corrected chi connectivity index (χ4v) is 2.44. The minimum absolute atomic E-state index is 0.00550. The van der Waals surface area contributed by atoms with Crippen LogP contribution in [0.3, 0.4) is 0 Å². The molecule has 0 aromatic heterocycles. The summed E-state index contributed by atoms with van der Waals surface area (Å²) >= 11 is 4.28. The van der Waals surface area contributed by atoms with Crippen molar-refractivity contribution in [1.82, 2.24) is 0 Å². The molecule has 1 aromatic carbocycles. The molecule has 0 atom stereocenters. The molecule has 19 heavy (non-hydrogen) atoms. The predicted octanol–water partition coefficient (Wildman–Crippen LogP) is 4.06. The molecular weight excluding hydrogens is 277 g/mol. The van der Waals surface area contributed by atoms with E-state index >= 15 is 0 Å². The Morgan fingerprint density at radius 1 is 1.16 bits per heavy atom. The lowest BCUT2D eigenvalue weighted by Crippen LogP contribution is -2.37. The zero-order chi connectivity index (χ0) is 13.9. The summed E-state index contributed by atoms with van der Waals surface area (Å²) in [5, 5.41) is 0. The molecule has 0 heterocycles. The first kappa shape index (κ1) is 14.4. The number of hydrogen-bond acceptors (Lipinski definition) is 3. The van der Waals surface area contributed by atoms with Gasteiger partial charge >= 0.3 is 6.36 Å². The van der Waals surface area contributed by atoms with Gasteiger partial charge in [-0.1, -0.05) is 18.6 Å². The first-order valence-electron chi connectivity index (χ1n) is 6.03. The summed E-state index contributed by atoms with van der Waals surface area (Å²) in [7, 11) is 0. The topological polar surface area (TPSA) is 18.5 Å². The average molecular weight is 292 g/mol. The van der Waals surface area contributed by atoms with Gasteiger partial charge in [-0.2, -0.15) is 12.6 Å². The molecule has 0 amide bonds. The summed E-state index contributed by atoms with van der Waals surface area (Å²) in [6.07, 6.45) is -1.60. The first-order chi connectivity index (χ1) is 8.94. The number of hydrogen-bond donors (Lipinski definition) is 1. The van der Waals surface area contributed by atoms with E-state index in [2.05, 4.69) is 17.4 Å². The zero-order valence-corrected chi connectivity index (χ0v) is 11.1. The van der Waals surface area contributed by atoms with Crippen LogP contribution in [0.5, 0.6) is 11.5 Å². The van der Waals surface area contributed by atoms with Crippen LogP contribution in [0.25, 0.3) is 0 Å². The highest BCUT2D eigenvalue weighted by molar-refractivity contribution is 7.80. The van der Waals surface area contributed by atoms with E-state index < -0.39 is 6.36 Å². The highest BCUT2D eigenvalue weighted by atomic mass is 32.1. The molecule has 0 radical (unpaired) electrons. The van der Waals surface area contributed by atoms with Crippen molar-refractivity contribution in [3.8, 4) is 11.5 Å². The van der Waals surface area contributed by atoms with Gasteiger partial charge in [0.25, 0.3) is 0 Å². The van der Waals surface area contributed by atoms with Crippen molar-refractivity contribution in [2.45, 2.75) is 25.6 Å². The molecule has 1 fully saturated rings. The lowest BCUT2D eigenvalue weighted by atomic mass is 9.71. The summed E-state index contributed by atoms with van der Waals surface area (Å²) in [4.78, 5) is 0. The van der Waals surface area contributed by atoms with Crippen molar-refractivity contribution < 1.29 is 22.6 Å². The van der Waals surface area contributed by atoms with E-state index in [-0.39, 0.29) is 16.9 Å². The SMILES string of the molecule is FC(F)(F)Oc1ccccc1OCC1(CS)CCC1. The van der Waals surface area contributed by atoms with Crippen LogP contribution in [0.4, 0.5) is 13.2 Å². The van der Waals surface area contributed by atoms with E-state index in [1.54, 1.807) is 6.07 Å². The van der Waals surface area contributed by atoms with E-state index in [1.165, 1.54) is 18.2 Å². The Labute approximate surface area is 115 Å². The molecule has 2 nitrogen and oxygen atoms in total. The van der Waals surface area contributed by atoms with Crippen molar-refractivity contribution >= 4 is 12.6 Å². The van der Waals surface area contributed by atoms with Gasteiger partial charge in [-0.3, -0.25) is 0 Å². The molecule has 1 aromatic rings. The van der Waals surface area contributed by atoms with E-state index in [9.17, 15) is 13.2 Å². The van der Waals surface area contributed by atoms with Crippen LogP contribution in [0, 0.1) is 5.41 Å². The second-order valence-electron chi connectivity index (χ2n) is 4.79. The van der Waals surface area contributed by atoms with Crippen LogP contribution in [0.2, 0.25) is 0 Å². The molecule has 6 heteroatoms. The van der Waals surface area contributed by atoms with Crippen LogP contribution >= 0.6 is 12.6 Å². The van der Waals surface area contributed by atoms with Crippen LogP contribution in [0.1, 0.15) is 19.3 Å². The molecule has 1 aliphatic rings. The molecular formula is C13H15F3O2S. The van der Waals surface area contributed by atoms with Gasteiger partial charge in [0.1, 0.15) is 0 Å². The molecule has 0 bridgehead atoms. The number of ether oxygens (including phenoxy) is 2. The van der Waals surface area contributed by atoms with Gasteiger partial charge in [-0.15, -0.1) is 13.2 Å². The molecule has 0 unspecified atom stereocenters. The Hall–Kier alpha value is -1.04. The Morgan fingerprint density at radius 2 is 1.79 bits per heavy atom. The van der Waals surface area contributed by atoms with Gasteiger partial charge in [0.05, 0.1) is 6.61 Å². The highest BCUT2D eigenvalue weighted by Crippen LogP contribution is 2.43. The number of thiol groups is 1. The number of halogens is 3. The van der Waals surface area contributed by atoms with Crippen LogP contribution in [-0.2, 0) is 0 Å². The van der Waals surface area contributed by atoms with Crippen molar-refractivity contribution in [2.24, 2.45) is 5.41 Å². The zero-order valence-electron chi connectivity index (χ0n) is 10.2. The second kappa shape index (κ2) is 5.53. The Balaban J connectivity index is 2.03. The second-order valence-corrected chi connectivity index (χ2v) is 5.11. The van der Waals surface area contributed by atoms with Gasteiger partial charge in [-0.25, -0.2) is 0 Å². The number of alkyl halides is 3. The maximum atomic E-state index is 12.2. The summed E-state index contributed by atoms with van der Waals surface area (Å²) in [5.41, 5.74) is -0.00550. The molecule has 0 N–H and O–H groups in total. The summed E-state index contributed by atoms with van der Waals surface area (Å²) in [6.45, 7) is 0.370. The molecule has 106 valence electrons. The van der Waals surface area contributed by atoms with Gasteiger partial charge in [-0.05, 0) is 30.7 Å². The molecule has 1 saturated carbocycles. The summed E-state index contributed by atoms with van der Waals surface area (Å²) < 4.78 is 46.2. The minimum atomic E-state index is -4.71. The van der Waals surface area contributed by atoms with Crippen molar-refractivity contribution in [3.63, 3.8) is 0 Å². The standard InChI is InChI=1S/C13H15F3O2S/c14-13(15,16)18-11-5-2-1-4-10(11)17-8-12(9-19)6-3-7-12/h1-2,4-5,19H,3,6-9H2. The van der Waals surface area contributed by atoms with Crippen LogP contribution in [-0.4, -0.2) is 18.7 Å². The largest absolute Gasteiger partial charge is 0.573 e. The minimum Gasteiger partial charge on any atom is -0.489 e. The Morgan fingerprint density at radius 3 is 2.26 bits per heavy atom. The Kier molecular flexibility index (Phi) is 4.18. The van der Waals surface area contributed by atoms with Gasteiger partial charge in [0.15, 0.2) is 11.5 Å². The lowest BCUT2D eigenvalue weighted by Gasteiger charge is -2.40. The summed E-state index contributed by atoms with van der Waals surface area (Å²) in [5.74, 6) is 0.492. The van der Waals surface area contributed by atoms with Crippen molar-refractivity contribution in [1.29, 1.82) is 0 Å². The normalized spacial score (nSPS) is 17.7. The number of benzene rings is 1. The van der Waals surface area contributed by atoms with E-state index in [4.69, 9.17) is 4.74 Å². The van der Waals surface area contributed by atoms with Crippen LogP contribution in [0.15, 0.2) is 24.3 Å². The van der Waals surface area contributed by atoms with Gasteiger partial charge in [0.2, 0.25) is 0 Å². The fourth-order valence-electron chi connectivity index (χ4n) is 2.03. The maximum Gasteiger partial charge on any atom is 0.573 e. The highest BCUT2D eigenvalue weighted by Gasteiger charge is 2.37. The third-order valence-electron chi connectivity index (χ3n) is 3.36. The van der Waals surface area contributed by atoms with Crippen LogP contribution < -0.4 is 9.47 Å².